The zero-order valence-electron chi connectivity index (χ0n) is 17.5. The summed E-state index contributed by atoms with van der Waals surface area (Å²) in [5.74, 6) is 0.579. The average molecular weight is 496 g/mol. The molecule has 2 fully saturated rings. The molecule has 158 valence electrons. The summed E-state index contributed by atoms with van der Waals surface area (Å²) in [6, 6.07) is 0.394. The molecule has 0 aliphatic carbocycles. The monoisotopic (exact) mass is 496 g/mol. The van der Waals surface area contributed by atoms with Gasteiger partial charge >= 0.3 is 6.09 Å². The first kappa shape index (κ1) is 24.2. The molecule has 0 aromatic heterocycles. The number of nitrogens with two attached hydrogens (primary N) is 1. The number of amides is 1. The number of ether oxygens (including phenoxy) is 1. The number of piperazine rings is 2. The fourth-order valence-corrected chi connectivity index (χ4v) is 3.15. The first-order valence-corrected chi connectivity index (χ1v) is 9.61. The highest BCUT2D eigenvalue weighted by molar-refractivity contribution is 14.0. The summed E-state index contributed by atoms with van der Waals surface area (Å²) in [6.45, 7) is 15.6. The predicted molar refractivity (Wildman–Crippen MR) is 120 cm³/mol. The van der Waals surface area contributed by atoms with Crippen LogP contribution >= 0.6 is 24.0 Å². The van der Waals surface area contributed by atoms with E-state index >= 15 is 0 Å². The molecule has 8 nitrogen and oxygen atoms in total. The Balaban J connectivity index is 0.00000364. The molecular weight excluding hydrogens is 459 g/mol. The van der Waals surface area contributed by atoms with E-state index in [1.54, 1.807) is 4.90 Å². The summed E-state index contributed by atoms with van der Waals surface area (Å²) in [5.41, 5.74) is 5.72. The number of hydrogen-bond acceptors (Lipinski definition) is 5. The van der Waals surface area contributed by atoms with Gasteiger partial charge in [0.25, 0.3) is 0 Å². The summed E-state index contributed by atoms with van der Waals surface area (Å²) in [6.07, 6.45) is -0.253. The van der Waals surface area contributed by atoms with Crippen molar-refractivity contribution in [1.29, 1.82) is 0 Å². The molecule has 1 amide bonds. The number of rotatable bonds is 3. The Bertz CT molecular complexity index is 495. The van der Waals surface area contributed by atoms with E-state index in [9.17, 15) is 4.79 Å². The van der Waals surface area contributed by atoms with Crippen molar-refractivity contribution >= 4 is 36.0 Å². The maximum Gasteiger partial charge on any atom is 0.410 e. The van der Waals surface area contributed by atoms with E-state index in [0.29, 0.717) is 44.7 Å². The zero-order chi connectivity index (χ0) is 19.3. The summed E-state index contributed by atoms with van der Waals surface area (Å²) in [4.78, 5) is 25.3. The molecule has 0 saturated carbocycles. The van der Waals surface area contributed by atoms with Crippen LogP contribution < -0.4 is 5.73 Å². The minimum absolute atomic E-state index is 0. The number of guanidine groups is 1. The van der Waals surface area contributed by atoms with Crippen LogP contribution in [0.1, 0.15) is 27.7 Å². The molecule has 2 N–H and O–H groups in total. The summed E-state index contributed by atoms with van der Waals surface area (Å²) >= 11 is 0. The molecule has 1 atom stereocenters. The minimum atomic E-state index is -0.464. The van der Waals surface area contributed by atoms with Gasteiger partial charge in [0, 0.05) is 58.4 Å². The first-order chi connectivity index (χ1) is 12.2. The second-order valence-corrected chi connectivity index (χ2v) is 8.34. The van der Waals surface area contributed by atoms with Gasteiger partial charge in [-0.1, -0.05) is 0 Å². The fourth-order valence-electron chi connectivity index (χ4n) is 3.15. The summed E-state index contributed by atoms with van der Waals surface area (Å²) < 4.78 is 5.42. The van der Waals surface area contributed by atoms with Gasteiger partial charge in [-0.3, -0.25) is 9.89 Å². The molecule has 0 spiro atoms. The normalized spacial score (nSPS) is 21.6. The van der Waals surface area contributed by atoms with E-state index < -0.39 is 5.60 Å². The van der Waals surface area contributed by atoms with Crippen LogP contribution in [0.15, 0.2) is 4.99 Å². The standard InChI is InChI=1S/C18H36N6O2.HI/c1-15(22-8-6-21(5)7-9-22)14-20-16(19)23-10-12-24(13-11-23)17(25)26-18(2,3)4;/h15H,6-14H2,1-5H3,(H2,19,20);1H. The van der Waals surface area contributed by atoms with Crippen molar-refractivity contribution in [2.75, 3.05) is 66.0 Å². The third-order valence-corrected chi connectivity index (χ3v) is 4.93. The molecular formula is C18H37IN6O2. The van der Waals surface area contributed by atoms with Crippen LogP contribution in [-0.2, 0) is 4.74 Å². The second kappa shape index (κ2) is 10.7. The molecule has 9 heteroatoms. The maximum absolute atomic E-state index is 12.1. The van der Waals surface area contributed by atoms with Crippen LogP contribution in [0.25, 0.3) is 0 Å². The van der Waals surface area contributed by atoms with Crippen LogP contribution in [0.5, 0.6) is 0 Å². The molecule has 0 aromatic carbocycles. The number of nitrogens with zero attached hydrogens (tertiary/aromatic N) is 5. The molecule has 0 aromatic rings. The largest absolute Gasteiger partial charge is 0.444 e. The SMILES string of the molecule is CC(CN=C(N)N1CCN(C(=O)OC(C)(C)C)CC1)N1CCN(C)CC1.I. The van der Waals surface area contributed by atoms with Crippen molar-refractivity contribution in [2.45, 2.75) is 39.3 Å². The fraction of sp³-hybridized carbons (Fsp3) is 0.889. The summed E-state index contributed by atoms with van der Waals surface area (Å²) in [7, 11) is 2.16. The highest BCUT2D eigenvalue weighted by Crippen LogP contribution is 2.12. The number of halogens is 1. The van der Waals surface area contributed by atoms with E-state index in [2.05, 4.69) is 33.7 Å². The lowest BCUT2D eigenvalue weighted by molar-refractivity contribution is 0.0186. The Labute approximate surface area is 181 Å². The number of carbonyl (C=O) groups is 1. The van der Waals surface area contributed by atoms with E-state index in [4.69, 9.17) is 10.5 Å². The van der Waals surface area contributed by atoms with E-state index in [0.717, 1.165) is 26.2 Å². The third kappa shape index (κ3) is 7.98. The lowest BCUT2D eigenvalue weighted by Gasteiger charge is -2.37. The smallest absolute Gasteiger partial charge is 0.410 e. The molecule has 0 radical (unpaired) electrons. The highest BCUT2D eigenvalue weighted by Gasteiger charge is 2.26. The molecule has 2 aliphatic heterocycles. The van der Waals surface area contributed by atoms with Crippen molar-refractivity contribution < 1.29 is 9.53 Å². The van der Waals surface area contributed by atoms with E-state index in [1.807, 2.05) is 20.8 Å². The van der Waals surface area contributed by atoms with Gasteiger partial charge in [-0.25, -0.2) is 4.79 Å². The average Bonchev–Trinajstić information content (AvgIpc) is 2.58. The number of carbonyl (C=O) groups excluding carboxylic acids is 1. The number of aliphatic imine (C=N–C) groups is 1. The van der Waals surface area contributed by atoms with Crippen LogP contribution in [0.4, 0.5) is 4.79 Å². The second-order valence-electron chi connectivity index (χ2n) is 8.34. The lowest BCUT2D eigenvalue weighted by atomic mass is 10.2. The molecule has 2 rings (SSSR count). The van der Waals surface area contributed by atoms with Gasteiger partial charge in [-0.2, -0.15) is 0 Å². The predicted octanol–water partition coefficient (Wildman–Crippen LogP) is 1.11. The number of hydrogen-bond donors (Lipinski definition) is 1. The number of likely N-dealkylation sites (N-methyl/N-ethyl adjacent to an activating group) is 1. The van der Waals surface area contributed by atoms with Gasteiger partial charge < -0.3 is 25.2 Å². The molecule has 2 aliphatic rings. The third-order valence-electron chi connectivity index (χ3n) is 4.93. The topological polar surface area (TPSA) is 77.6 Å². The Hall–Kier alpha value is -0.810. The zero-order valence-corrected chi connectivity index (χ0v) is 19.8. The van der Waals surface area contributed by atoms with Crippen LogP contribution in [-0.4, -0.2) is 109 Å². The maximum atomic E-state index is 12.1. The van der Waals surface area contributed by atoms with Crippen molar-refractivity contribution in [2.24, 2.45) is 10.7 Å². The van der Waals surface area contributed by atoms with Crippen LogP contribution in [0, 0.1) is 0 Å². The lowest BCUT2D eigenvalue weighted by Crippen LogP contribution is -2.53. The molecule has 2 saturated heterocycles. The molecule has 27 heavy (non-hydrogen) atoms. The van der Waals surface area contributed by atoms with Gasteiger partial charge in [0.1, 0.15) is 5.60 Å². The van der Waals surface area contributed by atoms with Gasteiger partial charge in [0.2, 0.25) is 0 Å². The van der Waals surface area contributed by atoms with Crippen molar-refractivity contribution in [3.63, 3.8) is 0 Å². The Morgan fingerprint density at radius 3 is 2.07 bits per heavy atom. The van der Waals surface area contributed by atoms with Gasteiger partial charge in [0.05, 0.1) is 6.54 Å². The van der Waals surface area contributed by atoms with Crippen LogP contribution in [0.3, 0.4) is 0 Å². The first-order valence-electron chi connectivity index (χ1n) is 9.61. The molecule has 0 bridgehead atoms. The van der Waals surface area contributed by atoms with Crippen LogP contribution in [0.2, 0.25) is 0 Å². The Kier molecular flexibility index (Phi) is 9.56. The molecule has 1 unspecified atom stereocenters. The Morgan fingerprint density at radius 2 is 1.56 bits per heavy atom. The van der Waals surface area contributed by atoms with Gasteiger partial charge in [-0.15, -0.1) is 24.0 Å². The Morgan fingerprint density at radius 1 is 1.04 bits per heavy atom. The summed E-state index contributed by atoms with van der Waals surface area (Å²) in [5, 5.41) is 0. The van der Waals surface area contributed by atoms with Gasteiger partial charge in [-0.05, 0) is 34.7 Å². The van der Waals surface area contributed by atoms with Crippen molar-refractivity contribution in [3.8, 4) is 0 Å². The van der Waals surface area contributed by atoms with E-state index in [-0.39, 0.29) is 30.1 Å². The minimum Gasteiger partial charge on any atom is -0.444 e. The van der Waals surface area contributed by atoms with Crippen molar-refractivity contribution in [3.05, 3.63) is 0 Å². The molecule has 2 heterocycles. The highest BCUT2D eigenvalue weighted by atomic mass is 127. The van der Waals surface area contributed by atoms with E-state index in [1.165, 1.54) is 0 Å². The van der Waals surface area contributed by atoms with Crippen molar-refractivity contribution in [1.82, 2.24) is 19.6 Å². The quantitative estimate of drug-likeness (QED) is 0.359. The van der Waals surface area contributed by atoms with Gasteiger partial charge in [0.15, 0.2) is 5.96 Å².